The van der Waals surface area contributed by atoms with E-state index in [0.29, 0.717) is 0 Å². The summed E-state index contributed by atoms with van der Waals surface area (Å²) in [6.07, 6.45) is -7.00. The number of aliphatic hydroxyl groups excluding tert-OH is 6. The van der Waals surface area contributed by atoms with Crippen molar-refractivity contribution in [2.45, 2.75) is 79.3 Å². The van der Waals surface area contributed by atoms with Gasteiger partial charge in [0, 0.05) is 58.4 Å². The van der Waals surface area contributed by atoms with E-state index in [0.717, 1.165) is 0 Å². The molecule has 0 rings (SSSR count). The minimum absolute atomic E-state index is 0. The van der Waals surface area contributed by atoms with Gasteiger partial charge in [-0.25, -0.2) is 0 Å². The second kappa shape index (κ2) is 77.2. The van der Waals surface area contributed by atoms with E-state index in [9.17, 15) is 0 Å². The SMILES string of the molecule is CC(O)O.CC(O)O.CC(O)O.CC(O)O.CC(O)O.CC(O)O.O.O.O.O.[Ru].[Ru].[Ru]. The van der Waals surface area contributed by atoms with Crippen molar-refractivity contribution in [2.24, 2.45) is 0 Å². The molecule has 0 saturated heterocycles. The van der Waals surface area contributed by atoms with Crippen LogP contribution in [-0.2, 0) is 58.4 Å². The molecule has 0 unspecified atom stereocenters. The number of hydrogen-bond donors (Lipinski definition) is 12. The molecule has 0 spiro atoms. The second-order valence-corrected chi connectivity index (χ2v) is 3.79. The summed E-state index contributed by atoms with van der Waals surface area (Å²) in [6, 6.07) is 0. The zero-order valence-corrected chi connectivity index (χ0v) is 23.1. The van der Waals surface area contributed by atoms with Gasteiger partial charge < -0.3 is 83.2 Å². The van der Waals surface area contributed by atoms with Crippen molar-refractivity contribution in [2.75, 3.05) is 0 Å². The summed E-state index contributed by atoms with van der Waals surface area (Å²) in [7, 11) is 0. The first kappa shape index (κ1) is 85.0. The standard InChI is InChI=1S/6C2H6O2.4H2O.3Ru/c6*1-2(3)4;;;;;;;/h6*2-4H,1H3;4*1H2;;;. The van der Waals surface area contributed by atoms with Crippen molar-refractivity contribution in [1.82, 2.24) is 0 Å². The second-order valence-electron chi connectivity index (χ2n) is 3.79. The van der Waals surface area contributed by atoms with Crippen LogP contribution in [0.5, 0.6) is 0 Å². The first-order chi connectivity index (χ1) is 10.4. The third kappa shape index (κ3) is 17600. The van der Waals surface area contributed by atoms with E-state index in [1.807, 2.05) is 0 Å². The molecule has 20 N–H and O–H groups in total. The van der Waals surface area contributed by atoms with Crippen molar-refractivity contribution < 1.29 is 142 Å². The van der Waals surface area contributed by atoms with Gasteiger partial charge in [0.1, 0.15) is 37.7 Å². The molecule has 0 aliphatic rings. The molecule has 16 nitrogen and oxygen atoms in total. The maximum absolute atomic E-state index is 7.61. The van der Waals surface area contributed by atoms with Gasteiger partial charge in [-0.15, -0.1) is 0 Å². The molecular weight excluding hydrogens is 703 g/mol. The predicted molar refractivity (Wildman–Crippen MR) is 97.9 cm³/mol. The van der Waals surface area contributed by atoms with E-state index in [-0.39, 0.29) is 80.3 Å². The van der Waals surface area contributed by atoms with E-state index < -0.39 is 37.7 Å². The predicted octanol–water partition coefficient (Wildman–Crippen LogP) is -7.40. The maximum Gasteiger partial charge on any atom is 0.148 e. The minimum Gasteiger partial charge on any atom is -0.412 e. The molecule has 0 bridgehead atoms. The molecule has 0 aliphatic heterocycles. The maximum atomic E-state index is 7.61. The smallest absolute Gasteiger partial charge is 0.148 e. The van der Waals surface area contributed by atoms with Crippen LogP contribution in [-0.4, -0.2) is 121 Å². The first-order valence-corrected chi connectivity index (χ1v) is 6.56. The largest absolute Gasteiger partial charge is 0.412 e. The topological polar surface area (TPSA) is 369 Å². The zero-order valence-electron chi connectivity index (χ0n) is 17.9. The van der Waals surface area contributed by atoms with Crippen molar-refractivity contribution >= 4 is 0 Å². The third-order valence-corrected chi connectivity index (χ3v) is 0. The van der Waals surface area contributed by atoms with E-state index in [1.54, 1.807) is 0 Å². The summed E-state index contributed by atoms with van der Waals surface area (Å²) in [5, 5.41) is 91.3. The normalized spacial score (nSPS) is 6.97. The van der Waals surface area contributed by atoms with Gasteiger partial charge in [-0.3, -0.25) is 0 Å². The molecule has 0 saturated carbocycles. The van der Waals surface area contributed by atoms with Crippen LogP contribution in [0.15, 0.2) is 0 Å². The Morgan fingerprint density at radius 1 is 0.258 bits per heavy atom. The minimum atomic E-state index is -1.17. The van der Waals surface area contributed by atoms with Gasteiger partial charge in [-0.2, -0.15) is 0 Å². The molecule has 0 amide bonds. The molecule has 0 aliphatic carbocycles. The molecular formula is C12H44O16Ru3. The van der Waals surface area contributed by atoms with E-state index in [2.05, 4.69) is 0 Å². The van der Waals surface area contributed by atoms with Gasteiger partial charge in [0.2, 0.25) is 0 Å². The van der Waals surface area contributed by atoms with Crippen molar-refractivity contribution in [3.63, 3.8) is 0 Å². The third-order valence-electron chi connectivity index (χ3n) is 0. The van der Waals surface area contributed by atoms with Gasteiger partial charge in [0.05, 0.1) is 0 Å². The average molecular weight is 748 g/mol. The Morgan fingerprint density at radius 2 is 0.258 bits per heavy atom. The van der Waals surface area contributed by atoms with Crippen LogP contribution >= 0.6 is 0 Å². The summed E-state index contributed by atoms with van der Waals surface area (Å²) in [5.74, 6) is 0. The Bertz CT molecular complexity index is 117. The molecule has 0 aromatic carbocycles. The molecule has 0 aromatic heterocycles. The van der Waals surface area contributed by atoms with Crippen LogP contribution in [0.3, 0.4) is 0 Å². The Labute approximate surface area is 220 Å². The van der Waals surface area contributed by atoms with E-state index in [4.69, 9.17) is 61.3 Å². The first-order valence-electron chi connectivity index (χ1n) is 6.56. The molecule has 0 atom stereocenters. The quantitative estimate of drug-likeness (QED) is 0.0812. The van der Waals surface area contributed by atoms with Crippen LogP contribution in [0.2, 0.25) is 0 Å². The number of aliphatic hydroxyl groups is 12. The summed E-state index contributed by atoms with van der Waals surface area (Å²) in [5.41, 5.74) is 0. The Morgan fingerprint density at radius 3 is 0.258 bits per heavy atom. The fourth-order valence-electron chi connectivity index (χ4n) is 0. The average Bonchev–Trinajstić information content (AvgIpc) is 2.08. The fraction of sp³-hybridized carbons (Fsp3) is 1.00. The van der Waals surface area contributed by atoms with Gasteiger partial charge in [0.15, 0.2) is 0 Å². The summed E-state index contributed by atoms with van der Waals surface area (Å²) in [6.45, 7) is 7.67. The number of hydrogen-bond acceptors (Lipinski definition) is 12. The monoisotopic (exact) mass is 750 g/mol. The molecule has 0 heterocycles. The summed E-state index contributed by atoms with van der Waals surface area (Å²) in [4.78, 5) is 0. The van der Waals surface area contributed by atoms with Gasteiger partial charge >= 0.3 is 0 Å². The fourth-order valence-corrected chi connectivity index (χ4v) is 0. The molecule has 19 heteroatoms. The molecule has 0 fully saturated rings. The Kier molecular flexibility index (Phi) is 212. The van der Waals surface area contributed by atoms with E-state index in [1.165, 1.54) is 41.5 Å². The molecule has 0 aromatic rings. The Hall–Kier alpha value is 1.23. The zero-order chi connectivity index (χ0) is 21.5. The molecule has 0 radical (unpaired) electrons. The summed E-state index contributed by atoms with van der Waals surface area (Å²) >= 11 is 0. The molecule has 31 heavy (non-hydrogen) atoms. The van der Waals surface area contributed by atoms with Crippen LogP contribution in [0.4, 0.5) is 0 Å². The van der Waals surface area contributed by atoms with Gasteiger partial charge in [-0.1, -0.05) is 0 Å². The Balaban J connectivity index is -0.0000000109. The molecule has 212 valence electrons. The van der Waals surface area contributed by atoms with Gasteiger partial charge in [0.25, 0.3) is 0 Å². The van der Waals surface area contributed by atoms with Gasteiger partial charge in [-0.05, 0) is 41.5 Å². The van der Waals surface area contributed by atoms with Crippen LogP contribution < -0.4 is 0 Å². The van der Waals surface area contributed by atoms with Crippen molar-refractivity contribution in [3.8, 4) is 0 Å². The van der Waals surface area contributed by atoms with Crippen LogP contribution in [0.25, 0.3) is 0 Å². The number of rotatable bonds is 0. The van der Waals surface area contributed by atoms with Crippen LogP contribution in [0.1, 0.15) is 41.5 Å². The summed E-state index contributed by atoms with van der Waals surface area (Å²) < 4.78 is 0. The van der Waals surface area contributed by atoms with Crippen molar-refractivity contribution in [1.29, 1.82) is 0 Å². The van der Waals surface area contributed by atoms with Crippen LogP contribution in [0, 0.1) is 0 Å². The van der Waals surface area contributed by atoms with Crippen molar-refractivity contribution in [3.05, 3.63) is 0 Å². The van der Waals surface area contributed by atoms with E-state index >= 15 is 0 Å².